The van der Waals surface area contributed by atoms with E-state index in [1.807, 2.05) is 6.92 Å². The molecule has 0 aliphatic heterocycles. The number of phenols is 1. The van der Waals surface area contributed by atoms with Crippen LogP contribution < -0.4 is 10.5 Å². The van der Waals surface area contributed by atoms with Crippen molar-refractivity contribution in [2.75, 3.05) is 20.7 Å². The monoisotopic (exact) mass is 486 g/mol. The van der Waals surface area contributed by atoms with Crippen molar-refractivity contribution in [3.63, 3.8) is 0 Å². The molecule has 188 valence electrons. The molecule has 2 saturated carbocycles. The maximum Gasteiger partial charge on any atom is 0.235 e. The highest BCUT2D eigenvalue weighted by Gasteiger charge is 2.69. The number of ketones is 4. The van der Waals surface area contributed by atoms with Crippen molar-refractivity contribution in [2.24, 2.45) is 29.4 Å². The van der Waals surface area contributed by atoms with Gasteiger partial charge < -0.3 is 20.7 Å². The van der Waals surface area contributed by atoms with Gasteiger partial charge in [0.1, 0.15) is 11.5 Å². The van der Waals surface area contributed by atoms with Crippen LogP contribution in [0, 0.1) is 23.7 Å². The Morgan fingerprint density at radius 3 is 2.49 bits per heavy atom. The van der Waals surface area contributed by atoms with Crippen LogP contribution in [-0.2, 0) is 25.6 Å². The summed E-state index contributed by atoms with van der Waals surface area (Å²) in [6, 6.07) is 1.77. The van der Waals surface area contributed by atoms with Crippen LogP contribution in [0.25, 0.3) is 0 Å². The lowest BCUT2D eigenvalue weighted by molar-refractivity contribution is -0.181. The number of carbonyl (C=O) groups excluding carboxylic acids is 5. The second-order valence-electron chi connectivity index (χ2n) is 9.93. The second kappa shape index (κ2) is 8.83. The van der Waals surface area contributed by atoms with Gasteiger partial charge in [-0.25, -0.2) is 0 Å². The summed E-state index contributed by atoms with van der Waals surface area (Å²) >= 11 is 0. The molecule has 1 aromatic rings. The van der Waals surface area contributed by atoms with E-state index in [2.05, 4.69) is 0 Å². The second-order valence-corrected chi connectivity index (χ2v) is 9.93. The molecule has 0 radical (unpaired) electrons. The Morgan fingerprint density at radius 2 is 1.89 bits per heavy atom. The van der Waals surface area contributed by atoms with E-state index in [4.69, 9.17) is 10.5 Å². The number of hydrogen-bond donors (Lipinski definition) is 3. The van der Waals surface area contributed by atoms with E-state index in [9.17, 15) is 34.2 Å². The molecule has 35 heavy (non-hydrogen) atoms. The summed E-state index contributed by atoms with van der Waals surface area (Å²) in [5.41, 5.74) is 2.99. The fourth-order valence-corrected chi connectivity index (χ4v) is 6.04. The lowest BCUT2D eigenvalue weighted by Gasteiger charge is -2.52. The number of ether oxygens (including phenoxy) is 1. The van der Waals surface area contributed by atoms with Gasteiger partial charge in [-0.3, -0.25) is 28.9 Å². The highest BCUT2D eigenvalue weighted by Crippen LogP contribution is 2.51. The summed E-state index contributed by atoms with van der Waals surface area (Å²) in [5.74, 6) is -10.1. The van der Waals surface area contributed by atoms with Gasteiger partial charge in [-0.05, 0) is 51.4 Å². The molecule has 0 aromatic heterocycles. The number of fused-ring (bicyclic) bond motifs is 3. The Bertz CT molecular complexity index is 1130. The topological polar surface area (TPSA) is 164 Å². The summed E-state index contributed by atoms with van der Waals surface area (Å²) in [6.45, 7) is 2.42. The summed E-state index contributed by atoms with van der Waals surface area (Å²) in [7, 11) is 3.10. The number of aromatic hydroxyl groups is 1. The van der Waals surface area contributed by atoms with Gasteiger partial charge in [0.25, 0.3) is 0 Å². The van der Waals surface area contributed by atoms with Gasteiger partial charge in [-0.1, -0.05) is 13.3 Å². The van der Waals surface area contributed by atoms with Gasteiger partial charge >= 0.3 is 0 Å². The molecule has 10 nitrogen and oxygen atoms in total. The largest absolute Gasteiger partial charge is 0.507 e. The number of rotatable bonds is 6. The minimum atomic E-state index is -2.72. The van der Waals surface area contributed by atoms with E-state index in [1.165, 1.54) is 11.0 Å². The Labute approximate surface area is 202 Å². The van der Waals surface area contributed by atoms with Crippen LogP contribution in [0.15, 0.2) is 12.1 Å². The molecule has 6 unspecified atom stereocenters. The third-order valence-corrected chi connectivity index (χ3v) is 7.66. The zero-order valence-corrected chi connectivity index (χ0v) is 19.9. The number of benzene rings is 1. The maximum absolute atomic E-state index is 13.7. The molecular weight excluding hydrogens is 456 g/mol. The Morgan fingerprint density at radius 1 is 1.20 bits per heavy atom. The first-order valence-corrected chi connectivity index (χ1v) is 11.8. The van der Waals surface area contributed by atoms with Gasteiger partial charge in [0, 0.05) is 11.5 Å². The lowest BCUT2D eigenvalue weighted by Crippen LogP contribution is -2.74. The fourth-order valence-electron chi connectivity index (χ4n) is 6.04. The molecule has 3 aliphatic carbocycles. The van der Waals surface area contributed by atoms with E-state index < -0.39 is 64.4 Å². The standard InChI is InChI=1S/C25H30N2O8/c1-4-5-8-35-15-7-6-14(28)17-12(15)9-11-10-13-19(27(2)3)21(30)18(24(26)33)23(32)25(13,34)22(31)16(11)20(17)29/h6-7,11,13,16,18-19,28,34H,4-5,8-10H2,1-3H3,(H2,26,33). The van der Waals surface area contributed by atoms with E-state index in [1.54, 1.807) is 20.2 Å². The number of phenolic OH excluding ortho intramolecular Hbond substituents is 1. The summed E-state index contributed by atoms with van der Waals surface area (Å²) in [6.07, 6.45) is 1.88. The van der Waals surface area contributed by atoms with E-state index in [-0.39, 0.29) is 24.2 Å². The fraction of sp³-hybridized carbons (Fsp3) is 0.560. The smallest absolute Gasteiger partial charge is 0.235 e. The molecule has 0 spiro atoms. The van der Waals surface area contributed by atoms with Gasteiger partial charge in [-0.2, -0.15) is 0 Å². The molecule has 0 bridgehead atoms. The number of hydrogen-bond acceptors (Lipinski definition) is 9. The van der Waals surface area contributed by atoms with Gasteiger partial charge in [-0.15, -0.1) is 0 Å². The quantitative estimate of drug-likeness (QED) is 0.372. The first-order chi connectivity index (χ1) is 16.5. The number of aliphatic hydroxyl groups is 1. The molecule has 3 aliphatic rings. The first-order valence-electron chi connectivity index (χ1n) is 11.8. The number of nitrogens with two attached hydrogens (primary N) is 1. The number of Topliss-reactive ketones (excluding diaryl/α,β-unsaturated/α-hetero) is 4. The zero-order valence-electron chi connectivity index (χ0n) is 19.9. The first kappa shape index (κ1) is 25.0. The number of amides is 1. The number of unbranched alkanes of at least 4 members (excludes halogenated alkanes) is 1. The highest BCUT2D eigenvalue weighted by atomic mass is 16.5. The zero-order chi connectivity index (χ0) is 25.8. The molecular formula is C25H30N2O8. The summed E-state index contributed by atoms with van der Waals surface area (Å²) in [5, 5.41) is 22.0. The predicted molar refractivity (Wildman–Crippen MR) is 122 cm³/mol. The number of nitrogens with zero attached hydrogens (tertiary/aromatic N) is 1. The average Bonchev–Trinajstić information content (AvgIpc) is 2.77. The van der Waals surface area contributed by atoms with Crippen molar-refractivity contribution in [3.05, 3.63) is 23.3 Å². The Kier molecular flexibility index (Phi) is 6.31. The maximum atomic E-state index is 13.7. The van der Waals surface area contributed by atoms with Crippen molar-refractivity contribution in [3.8, 4) is 11.5 Å². The van der Waals surface area contributed by atoms with Crippen LogP contribution in [-0.4, -0.2) is 76.5 Å². The average molecular weight is 487 g/mol. The minimum Gasteiger partial charge on any atom is -0.507 e. The van der Waals surface area contributed by atoms with E-state index in [0.717, 1.165) is 12.8 Å². The Hall–Kier alpha value is -3.11. The van der Waals surface area contributed by atoms with Crippen LogP contribution in [0.1, 0.15) is 42.1 Å². The molecule has 1 amide bonds. The van der Waals surface area contributed by atoms with Crippen LogP contribution in [0.4, 0.5) is 0 Å². The van der Waals surface area contributed by atoms with Crippen molar-refractivity contribution < 1.29 is 38.9 Å². The van der Waals surface area contributed by atoms with Crippen LogP contribution in [0.2, 0.25) is 0 Å². The third kappa shape index (κ3) is 3.58. The molecule has 0 heterocycles. The summed E-state index contributed by atoms with van der Waals surface area (Å²) in [4.78, 5) is 67.0. The van der Waals surface area contributed by atoms with Crippen LogP contribution in [0.5, 0.6) is 11.5 Å². The Balaban J connectivity index is 1.81. The number of carbonyl (C=O) groups is 5. The van der Waals surface area contributed by atoms with Crippen molar-refractivity contribution in [1.82, 2.24) is 4.90 Å². The van der Waals surface area contributed by atoms with Crippen molar-refractivity contribution >= 4 is 29.0 Å². The molecule has 4 rings (SSSR count). The van der Waals surface area contributed by atoms with Crippen LogP contribution >= 0.6 is 0 Å². The summed E-state index contributed by atoms with van der Waals surface area (Å²) < 4.78 is 5.85. The van der Waals surface area contributed by atoms with Gasteiger partial charge in [0.05, 0.1) is 24.1 Å². The number of primary amides is 1. The highest BCUT2D eigenvalue weighted by molar-refractivity contribution is 6.32. The van der Waals surface area contributed by atoms with Crippen LogP contribution in [0.3, 0.4) is 0 Å². The number of likely N-dealkylation sites (N-methyl/N-ethyl adjacent to an activating group) is 1. The molecule has 10 heteroatoms. The molecule has 0 saturated heterocycles. The normalized spacial score (nSPS) is 32.2. The third-order valence-electron chi connectivity index (χ3n) is 7.66. The van der Waals surface area contributed by atoms with E-state index >= 15 is 0 Å². The minimum absolute atomic E-state index is 0.00789. The van der Waals surface area contributed by atoms with Crippen molar-refractivity contribution in [2.45, 2.75) is 44.2 Å². The predicted octanol–water partition coefficient (Wildman–Crippen LogP) is 0.0459. The molecule has 1 aromatic carbocycles. The van der Waals surface area contributed by atoms with Gasteiger partial charge in [0.15, 0.2) is 34.7 Å². The molecule has 2 fully saturated rings. The van der Waals surface area contributed by atoms with Crippen molar-refractivity contribution in [1.29, 1.82) is 0 Å². The molecule has 6 atom stereocenters. The van der Waals surface area contributed by atoms with E-state index in [0.29, 0.717) is 17.9 Å². The molecule has 4 N–H and O–H groups in total. The lowest BCUT2D eigenvalue weighted by atomic mass is 9.52. The SMILES string of the molecule is CCCCOc1ccc(O)c2c1CC1CC3C(N(C)C)C(=O)C(C(N)=O)C(=O)C3(O)C(=O)C1C2=O. The van der Waals surface area contributed by atoms with Gasteiger partial charge in [0.2, 0.25) is 5.91 Å².